The van der Waals surface area contributed by atoms with Crippen LogP contribution in [0, 0.1) is 0 Å². The summed E-state index contributed by atoms with van der Waals surface area (Å²) in [7, 11) is 4.93. The molecule has 38 heavy (non-hydrogen) atoms. The van der Waals surface area contributed by atoms with Crippen LogP contribution in [0.15, 0.2) is 0 Å². The predicted molar refractivity (Wildman–Crippen MR) is 172 cm³/mol. The quantitative estimate of drug-likeness (QED) is 0.0570. The normalized spacial score (nSPS) is 11.7. The van der Waals surface area contributed by atoms with Gasteiger partial charge >= 0.3 is 0 Å². The molecule has 0 radical (unpaired) electrons. The molecule has 0 amide bonds. The molecule has 1 nitrogen and oxygen atoms in total. The molecule has 0 heterocycles. The van der Waals surface area contributed by atoms with E-state index in [2.05, 4.69) is 27.9 Å². The summed E-state index contributed by atoms with van der Waals surface area (Å²) in [6.07, 6.45) is 43.9. The lowest BCUT2D eigenvalue weighted by Gasteiger charge is -2.30. The maximum atomic E-state index is 2.47. The number of hydrogen-bond donors (Lipinski definition) is 0. The molecular formula is C36H76ClN. The second-order valence-corrected chi connectivity index (χ2v) is 13.3. The predicted octanol–water partition coefficient (Wildman–Crippen LogP) is 9.81. The Hall–Kier alpha value is 0.250. The first kappa shape index (κ1) is 40.4. The van der Waals surface area contributed by atoms with Gasteiger partial charge < -0.3 is 16.9 Å². The number of quaternary nitrogens is 1. The molecule has 0 aliphatic heterocycles. The molecular weight excluding hydrogens is 482 g/mol. The van der Waals surface area contributed by atoms with E-state index in [1.54, 1.807) is 0 Å². The molecule has 0 fully saturated rings. The highest BCUT2D eigenvalue weighted by Gasteiger charge is 2.13. The number of unbranched alkanes of at least 4 members (excludes halogenated alkanes) is 28. The van der Waals surface area contributed by atoms with Gasteiger partial charge in [0.1, 0.15) is 0 Å². The van der Waals surface area contributed by atoms with E-state index < -0.39 is 0 Å². The van der Waals surface area contributed by atoms with Crippen molar-refractivity contribution in [3.05, 3.63) is 0 Å². The molecule has 2 heteroatoms. The Labute approximate surface area is 250 Å². The summed E-state index contributed by atoms with van der Waals surface area (Å²) in [5.41, 5.74) is 0. The van der Waals surface area contributed by atoms with Crippen LogP contribution < -0.4 is 12.4 Å². The highest BCUT2D eigenvalue weighted by Crippen LogP contribution is 2.16. The third-order valence-electron chi connectivity index (χ3n) is 8.73. The fourth-order valence-corrected chi connectivity index (χ4v) is 5.93. The van der Waals surface area contributed by atoms with Crippen LogP contribution in [0.1, 0.15) is 206 Å². The van der Waals surface area contributed by atoms with Crippen LogP contribution in [0.3, 0.4) is 0 Å². The van der Waals surface area contributed by atoms with E-state index in [9.17, 15) is 0 Å². The van der Waals surface area contributed by atoms with E-state index in [1.165, 1.54) is 210 Å². The molecule has 0 atom stereocenters. The summed E-state index contributed by atoms with van der Waals surface area (Å²) in [6.45, 7) is 7.39. The molecule has 0 aromatic rings. The van der Waals surface area contributed by atoms with Crippen molar-refractivity contribution in [3.63, 3.8) is 0 Å². The third kappa shape index (κ3) is 34.3. The molecule has 0 N–H and O–H groups in total. The Morgan fingerprint density at radius 1 is 0.263 bits per heavy atom. The van der Waals surface area contributed by atoms with Gasteiger partial charge in [0.15, 0.2) is 0 Å². The monoisotopic (exact) mass is 558 g/mol. The summed E-state index contributed by atoms with van der Waals surface area (Å²) in [6, 6.07) is 0. The third-order valence-corrected chi connectivity index (χ3v) is 8.73. The second-order valence-electron chi connectivity index (χ2n) is 13.3. The minimum Gasteiger partial charge on any atom is -1.00 e. The zero-order valence-corrected chi connectivity index (χ0v) is 28.2. The van der Waals surface area contributed by atoms with Gasteiger partial charge in [-0.25, -0.2) is 0 Å². The van der Waals surface area contributed by atoms with Crippen molar-refractivity contribution in [2.24, 2.45) is 0 Å². The Balaban J connectivity index is 0. The fourth-order valence-electron chi connectivity index (χ4n) is 5.93. The van der Waals surface area contributed by atoms with Crippen molar-refractivity contribution >= 4 is 0 Å². The van der Waals surface area contributed by atoms with Crippen LogP contribution in [0.2, 0.25) is 0 Å². The Bertz CT molecular complexity index is 408. The van der Waals surface area contributed by atoms with E-state index >= 15 is 0 Å². The van der Waals surface area contributed by atoms with Crippen molar-refractivity contribution in [3.8, 4) is 0 Å². The minimum atomic E-state index is 0. The topological polar surface area (TPSA) is 0 Å². The van der Waals surface area contributed by atoms with Gasteiger partial charge in [0.25, 0.3) is 0 Å². The second kappa shape index (κ2) is 33.5. The van der Waals surface area contributed by atoms with Crippen molar-refractivity contribution in [2.45, 2.75) is 206 Å². The van der Waals surface area contributed by atoms with Crippen LogP contribution in [0.5, 0.6) is 0 Å². The largest absolute Gasteiger partial charge is 1.00 e. The lowest BCUT2D eigenvalue weighted by molar-refractivity contribution is -0.890. The van der Waals surface area contributed by atoms with Crippen molar-refractivity contribution in [2.75, 3.05) is 27.2 Å². The zero-order chi connectivity index (χ0) is 27.1. The number of halogens is 1. The molecule has 0 saturated carbocycles. The highest BCUT2D eigenvalue weighted by atomic mass is 35.5. The van der Waals surface area contributed by atoms with Crippen LogP contribution >= 0.6 is 0 Å². The van der Waals surface area contributed by atoms with Crippen LogP contribution in [-0.2, 0) is 0 Å². The molecule has 232 valence electrons. The van der Waals surface area contributed by atoms with Crippen LogP contribution in [0.4, 0.5) is 0 Å². The highest BCUT2D eigenvalue weighted by molar-refractivity contribution is 4.52. The molecule has 0 bridgehead atoms. The summed E-state index contributed by atoms with van der Waals surface area (Å²) >= 11 is 0. The van der Waals surface area contributed by atoms with Gasteiger partial charge in [0, 0.05) is 0 Å². The summed E-state index contributed by atoms with van der Waals surface area (Å²) in [5.74, 6) is 0. The molecule has 0 rings (SSSR count). The summed E-state index contributed by atoms with van der Waals surface area (Å²) in [4.78, 5) is 0. The smallest absolute Gasteiger partial charge is 0.0782 e. The zero-order valence-electron chi connectivity index (χ0n) is 27.5. The molecule has 0 aromatic carbocycles. The lowest BCUT2D eigenvalue weighted by atomic mass is 10.0. The van der Waals surface area contributed by atoms with Crippen LogP contribution in [-0.4, -0.2) is 31.7 Å². The SMILES string of the molecule is CCCCCCCCCCCCCCCCCC[N+](C)(C)CCCCCCCCCCCCCCCC.[Cl-]. The van der Waals surface area contributed by atoms with E-state index in [1.807, 2.05) is 0 Å². The fraction of sp³-hybridized carbons (Fsp3) is 1.00. The summed E-state index contributed by atoms with van der Waals surface area (Å²) < 4.78 is 1.25. The molecule has 0 aromatic heterocycles. The average Bonchev–Trinajstić information content (AvgIpc) is 2.88. The van der Waals surface area contributed by atoms with Gasteiger partial charge in [-0.2, -0.15) is 0 Å². The maximum absolute atomic E-state index is 2.47. The van der Waals surface area contributed by atoms with Crippen molar-refractivity contribution in [1.29, 1.82) is 0 Å². The molecule has 0 unspecified atom stereocenters. The molecule has 0 aliphatic carbocycles. The van der Waals surface area contributed by atoms with Gasteiger partial charge in [-0.1, -0.05) is 181 Å². The lowest BCUT2D eigenvalue weighted by Crippen LogP contribution is -3.00. The van der Waals surface area contributed by atoms with Crippen molar-refractivity contribution < 1.29 is 16.9 Å². The Kier molecular flexibility index (Phi) is 35.6. The van der Waals surface area contributed by atoms with Gasteiger partial charge in [-0.15, -0.1) is 0 Å². The van der Waals surface area contributed by atoms with Gasteiger partial charge in [0.05, 0.1) is 27.2 Å². The first-order chi connectivity index (χ1) is 18.1. The number of nitrogens with zero attached hydrogens (tertiary/aromatic N) is 1. The number of hydrogen-bond acceptors (Lipinski definition) is 0. The average molecular weight is 558 g/mol. The first-order valence-electron chi connectivity index (χ1n) is 17.9. The van der Waals surface area contributed by atoms with Crippen LogP contribution in [0.25, 0.3) is 0 Å². The number of rotatable bonds is 32. The van der Waals surface area contributed by atoms with Gasteiger partial charge in [-0.3, -0.25) is 0 Å². The Morgan fingerprint density at radius 2 is 0.421 bits per heavy atom. The minimum absolute atomic E-state index is 0. The van der Waals surface area contributed by atoms with Gasteiger partial charge in [0.2, 0.25) is 0 Å². The maximum Gasteiger partial charge on any atom is 0.0782 e. The first-order valence-corrected chi connectivity index (χ1v) is 17.9. The van der Waals surface area contributed by atoms with E-state index in [0.29, 0.717) is 0 Å². The molecule has 0 saturated heterocycles. The Morgan fingerprint density at radius 3 is 0.605 bits per heavy atom. The molecule has 0 aliphatic rings. The van der Waals surface area contributed by atoms with Gasteiger partial charge in [-0.05, 0) is 25.7 Å². The standard InChI is InChI=1S/C36H76N.ClH/c1-5-7-9-11-13-15-17-19-21-22-24-26-28-30-32-34-36-37(3,4)35-33-31-29-27-25-23-20-18-16-14-12-10-8-6-2;/h5-36H2,1-4H3;1H/q+1;/p-1. The van der Waals surface area contributed by atoms with E-state index in [-0.39, 0.29) is 12.4 Å². The van der Waals surface area contributed by atoms with E-state index in [4.69, 9.17) is 0 Å². The van der Waals surface area contributed by atoms with Crippen molar-refractivity contribution in [1.82, 2.24) is 0 Å². The van der Waals surface area contributed by atoms with E-state index in [0.717, 1.165) is 0 Å². The summed E-state index contributed by atoms with van der Waals surface area (Å²) in [5, 5.41) is 0. The molecule has 0 spiro atoms.